The van der Waals surface area contributed by atoms with Gasteiger partial charge in [-0.05, 0) is 31.2 Å². The van der Waals surface area contributed by atoms with E-state index < -0.39 is 0 Å². The lowest BCUT2D eigenvalue weighted by atomic mass is 9.76. The molecule has 0 aromatic carbocycles. The molecule has 1 saturated carbocycles. The first-order valence-electron chi connectivity index (χ1n) is 6.28. The zero-order valence-electron chi connectivity index (χ0n) is 10.3. The summed E-state index contributed by atoms with van der Waals surface area (Å²) in [6, 6.07) is 4.57. The third-order valence-electron chi connectivity index (χ3n) is 3.49. The minimum atomic E-state index is -0.283. The van der Waals surface area contributed by atoms with Gasteiger partial charge < -0.3 is 15.4 Å². The first-order chi connectivity index (χ1) is 8.60. The molecular formula is C13H18N2O3. The van der Waals surface area contributed by atoms with Crippen molar-refractivity contribution in [2.75, 3.05) is 0 Å². The maximum absolute atomic E-state index is 11.9. The van der Waals surface area contributed by atoms with Gasteiger partial charge in [-0.2, -0.15) is 0 Å². The monoisotopic (exact) mass is 250 g/mol. The minimum absolute atomic E-state index is 0.0598. The molecular weight excluding hydrogens is 232 g/mol. The summed E-state index contributed by atoms with van der Waals surface area (Å²) in [6.45, 7) is 2.00. The number of rotatable bonds is 4. The number of aliphatic hydroxyl groups is 1. The SMILES string of the molecule is CCC(NC(=O)c1cccc(=O)[nH]1)C1CC(O)C1. The summed E-state index contributed by atoms with van der Waals surface area (Å²) in [6.07, 6.45) is 2.08. The summed E-state index contributed by atoms with van der Waals surface area (Å²) in [7, 11) is 0. The molecule has 0 radical (unpaired) electrons. The highest BCUT2D eigenvalue weighted by Gasteiger charge is 2.33. The topological polar surface area (TPSA) is 82.2 Å². The van der Waals surface area contributed by atoms with Crippen LogP contribution in [0.4, 0.5) is 0 Å². The van der Waals surface area contributed by atoms with Crippen molar-refractivity contribution >= 4 is 5.91 Å². The Kier molecular flexibility index (Phi) is 3.81. The van der Waals surface area contributed by atoms with Gasteiger partial charge in [0, 0.05) is 12.1 Å². The molecule has 1 aliphatic carbocycles. The van der Waals surface area contributed by atoms with Gasteiger partial charge in [-0.1, -0.05) is 13.0 Å². The molecule has 5 nitrogen and oxygen atoms in total. The number of aromatic nitrogens is 1. The highest BCUT2D eigenvalue weighted by atomic mass is 16.3. The second kappa shape index (κ2) is 5.35. The van der Waals surface area contributed by atoms with Gasteiger partial charge in [0.2, 0.25) is 5.56 Å². The predicted octanol–water partition coefficient (Wildman–Crippen LogP) is 0.654. The quantitative estimate of drug-likeness (QED) is 0.734. The molecule has 3 N–H and O–H groups in total. The van der Waals surface area contributed by atoms with E-state index in [2.05, 4.69) is 10.3 Å². The Hall–Kier alpha value is -1.62. The van der Waals surface area contributed by atoms with Crippen molar-refractivity contribution in [2.45, 2.75) is 38.3 Å². The van der Waals surface area contributed by atoms with Gasteiger partial charge in [0.15, 0.2) is 0 Å². The molecule has 0 aliphatic heterocycles. The maximum Gasteiger partial charge on any atom is 0.268 e. The van der Waals surface area contributed by atoms with Gasteiger partial charge in [-0.15, -0.1) is 0 Å². The fourth-order valence-electron chi connectivity index (χ4n) is 2.34. The Bertz CT molecular complexity index is 477. The smallest absolute Gasteiger partial charge is 0.268 e. The molecule has 18 heavy (non-hydrogen) atoms. The number of carbonyl (C=O) groups is 1. The molecule has 1 fully saturated rings. The van der Waals surface area contributed by atoms with E-state index in [-0.39, 0.29) is 29.3 Å². The van der Waals surface area contributed by atoms with Crippen LogP contribution in [0.1, 0.15) is 36.7 Å². The summed E-state index contributed by atoms with van der Waals surface area (Å²) in [4.78, 5) is 25.6. The highest BCUT2D eigenvalue weighted by Crippen LogP contribution is 2.31. The number of hydrogen-bond acceptors (Lipinski definition) is 3. The van der Waals surface area contributed by atoms with Gasteiger partial charge in [-0.3, -0.25) is 9.59 Å². The lowest BCUT2D eigenvalue weighted by Gasteiger charge is -2.37. The fraction of sp³-hybridized carbons (Fsp3) is 0.538. The van der Waals surface area contributed by atoms with Crippen molar-refractivity contribution in [3.8, 4) is 0 Å². The number of nitrogens with one attached hydrogen (secondary N) is 2. The number of aromatic amines is 1. The first kappa shape index (κ1) is 12.8. The molecule has 1 heterocycles. The van der Waals surface area contributed by atoms with Crippen LogP contribution in [0.5, 0.6) is 0 Å². The van der Waals surface area contributed by atoms with E-state index in [9.17, 15) is 14.7 Å². The summed E-state index contributed by atoms with van der Waals surface area (Å²) in [5.41, 5.74) is -0.00409. The lowest BCUT2D eigenvalue weighted by molar-refractivity contribution is 0.0232. The minimum Gasteiger partial charge on any atom is -0.393 e. The molecule has 1 aromatic heterocycles. The van der Waals surface area contributed by atoms with E-state index >= 15 is 0 Å². The summed E-state index contributed by atoms with van der Waals surface area (Å²) in [5.74, 6) is 0.0744. The Morgan fingerprint density at radius 2 is 2.28 bits per heavy atom. The summed E-state index contributed by atoms with van der Waals surface area (Å²) in [5, 5.41) is 12.2. The van der Waals surface area contributed by atoms with E-state index in [1.807, 2.05) is 6.92 Å². The van der Waals surface area contributed by atoms with Crippen molar-refractivity contribution in [2.24, 2.45) is 5.92 Å². The van der Waals surface area contributed by atoms with Crippen LogP contribution in [0.25, 0.3) is 0 Å². The molecule has 0 saturated heterocycles. The molecule has 1 aliphatic rings. The molecule has 98 valence electrons. The van der Waals surface area contributed by atoms with E-state index in [0.717, 1.165) is 19.3 Å². The zero-order valence-corrected chi connectivity index (χ0v) is 10.3. The van der Waals surface area contributed by atoms with Gasteiger partial charge in [0.1, 0.15) is 5.69 Å². The van der Waals surface area contributed by atoms with Crippen molar-refractivity contribution < 1.29 is 9.90 Å². The average molecular weight is 250 g/mol. The number of amides is 1. The summed E-state index contributed by atoms with van der Waals surface area (Å²) >= 11 is 0. The molecule has 0 bridgehead atoms. The Labute approximate surface area is 105 Å². The van der Waals surface area contributed by atoms with Crippen LogP contribution in [0.15, 0.2) is 23.0 Å². The van der Waals surface area contributed by atoms with Gasteiger partial charge in [0.05, 0.1) is 6.10 Å². The number of aliphatic hydroxyl groups excluding tert-OH is 1. The summed E-state index contributed by atoms with van der Waals surface area (Å²) < 4.78 is 0. The van der Waals surface area contributed by atoms with Gasteiger partial charge >= 0.3 is 0 Å². The van der Waals surface area contributed by atoms with Crippen LogP contribution in [-0.2, 0) is 0 Å². The standard InChI is InChI=1S/C13H18N2O3/c1-2-10(8-6-9(16)7-8)15-13(18)11-4-3-5-12(17)14-11/h3-5,8-10,16H,2,6-7H2,1H3,(H,14,17)(H,15,18). The van der Waals surface area contributed by atoms with Crippen molar-refractivity contribution in [1.29, 1.82) is 0 Å². The molecule has 1 unspecified atom stereocenters. The second-order valence-corrected chi connectivity index (χ2v) is 4.80. The van der Waals surface area contributed by atoms with Crippen LogP contribution in [0.2, 0.25) is 0 Å². The number of carbonyl (C=O) groups excluding carboxylic acids is 1. The van der Waals surface area contributed by atoms with Crippen LogP contribution >= 0.6 is 0 Å². The van der Waals surface area contributed by atoms with Crippen LogP contribution in [-0.4, -0.2) is 28.1 Å². The van der Waals surface area contributed by atoms with Crippen molar-refractivity contribution in [1.82, 2.24) is 10.3 Å². The lowest BCUT2D eigenvalue weighted by Crippen LogP contribution is -2.47. The molecule has 5 heteroatoms. The Balaban J connectivity index is 1.99. The molecule has 1 amide bonds. The van der Waals surface area contributed by atoms with Crippen LogP contribution < -0.4 is 10.9 Å². The van der Waals surface area contributed by atoms with E-state index in [1.54, 1.807) is 12.1 Å². The van der Waals surface area contributed by atoms with E-state index in [0.29, 0.717) is 5.92 Å². The van der Waals surface area contributed by atoms with Gasteiger partial charge in [-0.25, -0.2) is 0 Å². The number of hydrogen-bond donors (Lipinski definition) is 3. The van der Waals surface area contributed by atoms with Crippen LogP contribution in [0, 0.1) is 5.92 Å². The fourth-order valence-corrected chi connectivity index (χ4v) is 2.34. The maximum atomic E-state index is 11.9. The Morgan fingerprint density at radius 1 is 1.56 bits per heavy atom. The normalized spacial score (nSPS) is 24.1. The largest absolute Gasteiger partial charge is 0.393 e. The van der Waals surface area contributed by atoms with Crippen molar-refractivity contribution in [3.63, 3.8) is 0 Å². The average Bonchev–Trinajstić information content (AvgIpc) is 2.32. The number of pyridine rings is 1. The third-order valence-corrected chi connectivity index (χ3v) is 3.49. The third kappa shape index (κ3) is 2.79. The van der Waals surface area contributed by atoms with Gasteiger partial charge in [0.25, 0.3) is 5.91 Å². The molecule has 1 aromatic rings. The van der Waals surface area contributed by atoms with E-state index in [4.69, 9.17) is 0 Å². The van der Waals surface area contributed by atoms with Crippen LogP contribution in [0.3, 0.4) is 0 Å². The molecule has 1 atom stereocenters. The van der Waals surface area contributed by atoms with E-state index in [1.165, 1.54) is 6.07 Å². The Morgan fingerprint density at radius 3 is 2.83 bits per heavy atom. The highest BCUT2D eigenvalue weighted by molar-refractivity contribution is 5.92. The first-order valence-corrected chi connectivity index (χ1v) is 6.28. The second-order valence-electron chi connectivity index (χ2n) is 4.80. The number of H-pyrrole nitrogens is 1. The molecule has 2 rings (SSSR count). The predicted molar refractivity (Wildman–Crippen MR) is 67.3 cm³/mol. The van der Waals surface area contributed by atoms with Crippen molar-refractivity contribution in [3.05, 3.63) is 34.2 Å². The zero-order chi connectivity index (χ0) is 13.1. The molecule has 0 spiro atoms.